The van der Waals surface area contributed by atoms with Gasteiger partial charge in [0.05, 0.1) is 31.9 Å². The highest BCUT2D eigenvalue weighted by molar-refractivity contribution is 5.99. The summed E-state index contributed by atoms with van der Waals surface area (Å²) in [6, 6.07) is 8.46. The molecule has 4 fully saturated rings. The first-order valence-electron chi connectivity index (χ1n) is 17.4. The molecule has 12 heteroatoms. The lowest BCUT2D eigenvalue weighted by atomic mass is 9.45. The van der Waals surface area contributed by atoms with Gasteiger partial charge in [-0.15, -0.1) is 0 Å². The van der Waals surface area contributed by atoms with Crippen LogP contribution in [0.2, 0.25) is 0 Å². The van der Waals surface area contributed by atoms with Gasteiger partial charge in [0.1, 0.15) is 17.9 Å². The number of fused-ring (bicyclic) bond motifs is 3. The van der Waals surface area contributed by atoms with Crippen LogP contribution in [0.15, 0.2) is 30.3 Å². The summed E-state index contributed by atoms with van der Waals surface area (Å²) in [4.78, 5) is 35.7. The Morgan fingerprint density at radius 2 is 1.96 bits per heavy atom. The lowest BCUT2D eigenvalue weighted by molar-refractivity contribution is -0.183. The van der Waals surface area contributed by atoms with E-state index in [0.29, 0.717) is 64.8 Å². The van der Waals surface area contributed by atoms with E-state index < -0.39 is 24.2 Å². The van der Waals surface area contributed by atoms with E-state index in [4.69, 9.17) is 19.0 Å². The Morgan fingerprint density at radius 3 is 2.61 bits per heavy atom. The van der Waals surface area contributed by atoms with Crippen molar-refractivity contribution in [3.05, 3.63) is 41.5 Å². The van der Waals surface area contributed by atoms with Gasteiger partial charge in [-0.05, 0) is 74.7 Å². The van der Waals surface area contributed by atoms with Crippen molar-refractivity contribution in [2.45, 2.75) is 71.4 Å². The van der Waals surface area contributed by atoms with Gasteiger partial charge in [-0.1, -0.05) is 39.0 Å². The Kier molecular flexibility index (Phi) is 10.2. The Balaban J connectivity index is 1.28. The molecule has 0 radical (unpaired) electrons. The number of nitrogens with one attached hydrogen (secondary N) is 2. The molecule has 268 valence electrons. The van der Waals surface area contributed by atoms with Gasteiger partial charge in [-0.25, -0.2) is 0 Å². The molecule has 2 aliphatic heterocycles. The molecular weight excluding hydrogens is 628 g/mol. The molecule has 3 aliphatic carbocycles. The minimum atomic E-state index is -0.904. The Morgan fingerprint density at radius 1 is 1.18 bits per heavy atom. The average Bonchev–Trinajstić information content (AvgIpc) is 3.69. The van der Waals surface area contributed by atoms with Crippen LogP contribution in [-0.4, -0.2) is 104 Å². The van der Waals surface area contributed by atoms with Crippen molar-refractivity contribution in [1.29, 1.82) is 0 Å². The second kappa shape index (κ2) is 14.1. The summed E-state index contributed by atoms with van der Waals surface area (Å²) in [5.41, 5.74) is 2.78. The maximum absolute atomic E-state index is 14.2. The standard InChI is InChI=1S/C37H52N4O8/c1-20-27-15-24(37(27,3)4)16-28(20)39-36(45)32-31(21(2)43)30(18-42)49-41(32)17-22-9-8-10-25(33(22)46-7)23-13-26(34-29(14-23)47-19-48-34)35(44)38-11-12-40(5)6/h8-10,13-14,20-21,24,27-28,30-32,42-43H,11-12,15-19H2,1-7H3,(H,38,44)(H,39,45)/t20-,21-,24-,27-,28+,30-,31+,32-/m0/s1. The summed E-state index contributed by atoms with van der Waals surface area (Å²) >= 11 is 0. The molecular formula is C37H52N4O8. The van der Waals surface area contributed by atoms with E-state index >= 15 is 0 Å². The smallest absolute Gasteiger partial charge is 0.255 e. The van der Waals surface area contributed by atoms with E-state index in [9.17, 15) is 19.8 Å². The summed E-state index contributed by atoms with van der Waals surface area (Å²) in [7, 11) is 5.46. The van der Waals surface area contributed by atoms with E-state index in [1.165, 1.54) is 6.42 Å². The SMILES string of the molecule is COc1c(CN2O[C@@H](CO)[C@@H]([C@H](C)O)[C@H]2C(=O)N[C@@H]2C[C@@H]3C[C@@H]([C@@H]2C)C3(C)C)cccc1-c1cc2c(c(C(=O)NCCN(C)C)c1)OCO2. The van der Waals surface area contributed by atoms with E-state index in [2.05, 4.69) is 31.4 Å². The summed E-state index contributed by atoms with van der Waals surface area (Å²) in [5.74, 6) is 1.72. The van der Waals surface area contributed by atoms with Gasteiger partial charge in [0, 0.05) is 36.2 Å². The number of rotatable bonds is 12. The van der Waals surface area contributed by atoms with Gasteiger partial charge in [-0.3, -0.25) is 14.4 Å². The third-order valence-electron chi connectivity index (χ3n) is 11.6. The molecule has 5 aliphatic rings. The number of amides is 2. The molecule has 0 aromatic heterocycles. The van der Waals surface area contributed by atoms with Crippen molar-refractivity contribution in [3.63, 3.8) is 0 Å². The number of carbonyl (C=O) groups excluding carboxylic acids is 2. The fraction of sp³-hybridized carbons (Fsp3) is 0.622. The summed E-state index contributed by atoms with van der Waals surface area (Å²) in [5, 5.41) is 29.0. The number of para-hydroxylation sites is 1. The van der Waals surface area contributed by atoms with E-state index in [-0.39, 0.29) is 43.2 Å². The van der Waals surface area contributed by atoms with E-state index in [1.807, 2.05) is 43.3 Å². The maximum Gasteiger partial charge on any atom is 0.255 e. The van der Waals surface area contributed by atoms with Gasteiger partial charge in [0.15, 0.2) is 11.5 Å². The van der Waals surface area contributed by atoms with E-state index in [1.54, 1.807) is 25.2 Å². The van der Waals surface area contributed by atoms with Gasteiger partial charge in [0.25, 0.3) is 5.91 Å². The molecule has 0 spiro atoms. The lowest BCUT2D eigenvalue weighted by Crippen LogP contribution is -2.62. The van der Waals surface area contributed by atoms with Gasteiger partial charge >= 0.3 is 0 Å². The molecule has 3 saturated carbocycles. The summed E-state index contributed by atoms with van der Waals surface area (Å²) < 4.78 is 17.4. The number of nitrogens with zero attached hydrogens (tertiary/aromatic N) is 2. The fourth-order valence-corrected chi connectivity index (χ4v) is 8.65. The van der Waals surface area contributed by atoms with Crippen LogP contribution in [0.5, 0.6) is 17.2 Å². The molecule has 2 bridgehead atoms. The van der Waals surface area contributed by atoms with Crippen molar-refractivity contribution >= 4 is 11.8 Å². The number of benzene rings is 2. The number of hydroxylamine groups is 2. The highest BCUT2D eigenvalue weighted by Gasteiger charge is 2.57. The topological polar surface area (TPSA) is 142 Å². The second-order valence-electron chi connectivity index (χ2n) is 15.0. The Labute approximate surface area is 289 Å². The van der Waals surface area contributed by atoms with Gasteiger partial charge < -0.3 is 40.0 Å². The van der Waals surface area contributed by atoms with Crippen LogP contribution in [0.1, 0.15) is 56.5 Å². The zero-order valence-corrected chi connectivity index (χ0v) is 29.7. The number of likely N-dealkylation sites (N-methyl/N-ethyl adjacent to an activating group) is 1. The molecule has 2 aromatic carbocycles. The molecule has 2 heterocycles. The number of hydrogen-bond donors (Lipinski definition) is 4. The molecule has 7 rings (SSSR count). The quantitative estimate of drug-likeness (QED) is 0.264. The third kappa shape index (κ3) is 6.61. The van der Waals surface area contributed by atoms with Crippen molar-refractivity contribution in [3.8, 4) is 28.4 Å². The average molecular weight is 681 g/mol. The molecule has 2 aromatic rings. The lowest BCUT2D eigenvalue weighted by Gasteiger charge is -2.62. The zero-order chi connectivity index (χ0) is 35.2. The predicted molar refractivity (Wildman–Crippen MR) is 183 cm³/mol. The minimum absolute atomic E-state index is 0.0128. The summed E-state index contributed by atoms with van der Waals surface area (Å²) in [6.07, 6.45) is 0.458. The van der Waals surface area contributed by atoms with Crippen LogP contribution < -0.4 is 24.8 Å². The molecule has 2 amide bonds. The first kappa shape index (κ1) is 35.4. The molecule has 49 heavy (non-hydrogen) atoms. The zero-order valence-electron chi connectivity index (χ0n) is 29.7. The highest BCUT2D eigenvalue weighted by Crippen LogP contribution is 2.61. The maximum atomic E-state index is 14.2. The predicted octanol–water partition coefficient (Wildman–Crippen LogP) is 3.04. The van der Waals surface area contributed by atoms with Crippen molar-refractivity contribution < 1.29 is 38.9 Å². The third-order valence-corrected chi connectivity index (χ3v) is 11.6. The van der Waals surface area contributed by atoms with Crippen molar-refractivity contribution in [1.82, 2.24) is 20.6 Å². The highest BCUT2D eigenvalue weighted by atomic mass is 16.7. The minimum Gasteiger partial charge on any atom is -0.496 e. The largest absolute Gasteiger partial charge is 0.496 e. The van der Waals surface area contributed by atoms with Crippen molar-refractivity contribution in [2.75, 3.05) is 47.7 Å². The van der Waals surface area contributed by atoms with Crippen LogP contribution in [0, 0.1) is 29.1 Å². The van der Waals surface area contributed by atoms with Crippen LogP contribution in [0.25, 0.3) is 11.1 Å². The Bertz CT molecular complexity index is 1550. The van der Waals surface area contributed by atoms with Crippen LogP contribution >= 0.6 is 0 Å². The summed E-state index contributed by atoms with van der Waals surface area (Å²) in [6.45, 7) is 9.49. The fourth-order valence-electron chi connectivity index (χ4n) is 8.65. The Hall–Kier alpha value is -3.42. The normalized spacial score (nSPS) is 29.0. The first-order chi connectivity index (χ1) is 23.3. The molecule has 12 nitrogen and oxygen atoms in total. The molecule has 1 saturated heterocycles. The first-order valence-corrected chi connectivity index (χ1v) is 17.4. The van der Waals surface area contributed by atoms with Crippen molar-refractivity contribution in [2.24, 2.45) is 29.1 Å². The van der Waals surface area contributed by atoms with Crippen LogP contribution in [0.3, 0.4) is 0 Å². The van der Waals surface area contributed by atoms with Gasteiger partial charge in [-0.2, -0.15) is 5.06 Å². The van der Waals surface area contributed by atoms with Crippen LogP contribution in [-0.2, 0) is 16.2 Å². The number of ether oxygens (including phenoxy) is 3. The number of aliphatic hydroxyl groups excluding tert-OH is 2. The number of carbonyl (C=O) groups is 2. The van der Waals surface area contributed by atoms with E-state index in [0.717, 1.165) is 12.0 Å². The monoisotopic (exact) mass is 680 g/mol. The molecule has 0 unspecified atom stereocenters. The number of hydrogen-bond acceptors (Lipinski definition) is 10. The number of aliphatic hydroxyl groups is 2. The van der Waals surface area contributed by atoms with Gasteiger partial charge in [0.2, 0.25) is 12.7 Å². The molecule has 4 N–H and O–H groups in total. The second-order valence-corrected chi connectivity index (χ2v) is 15.0. The number of methoxy groups -OCH3 is 1. The van der Waals surface area contributed by atoms with Crippen LogP contribution in [0.4, 0.5) is 0 Å². The molecule has 8 atom stereocenters.